The molecule has 1 fully saturated rings. The zero-order valence-electron chi connectivity index (χ0n) is 11.3. The van der Waals surface area contributed by atoms with Crippen LogP contribution in [0.4, 0.5) is 10.1 Å². The van der Waals surface area contributed by atoms with Crippen LogP contribution in [0.2, 0.25) is 0 Å². The maximum Gasteiger partial charge on any atom is 0.217 e. The Morgan fingerprint density at radius 2 is 2.32 bits per heavy atom. The van der Waals surface area contributed by atoms with E-state index in [0.29, 0.717) is 0 Å². The van der Waals surface area contributed by atoms with E-state index < -0.39 is 0 Å². The third-order valence-corrected chi connectivity index (χ3v) is 3.42. The minimum Gasteiger partial charge on any atom is -0.369 e. The highest BCUT2D eigenvalue weighted by Gasteiger charge is 2.25. The standard InChI is InChI=1S/C14H20FN3O/c1-9(16)13-7-11(15)3-4-14(13)18-6-5-12(8-18)17-10(2)19/h3-4,7,9,12H,5-6,8,16H2,1-2H3,(H,17,19)/t9-,12?/m1/s1. The molecule has 0 aliphatic carbocycles. The molecule has 0 radical (unpaired) electrons. The second-order valence-electron chi connectivity index (χ2n) is 5.12. The van der Waals surface area contributed by atoms with Crippen molar-refractivity contribution in [2.75, 3.05) is 18.0 Å². The lowest BCUT2D eigenvalue weighted by Gasteiger charge is -2.23. The van der Waals surface area contributed by atoms with Crippen molar-refractivity contribution >= 4 is 11.6 Å². The van der Waals surface area contributed by atoms with Crippen LogP contribution in [0.5, 0.6) is 0 Å². The third kappa shape index (κ3) is 3.23. The number of nitrogens with two attached hydrogens (primary N) is 1. The van der Waals surface area contributed by atoms with E-state index in [4.69, 9.17) is 5.73 Å². The molecule has 2 rings (SSSR count). The van der Waals surface area contributed by atoms with Crippen molar-refractivity contribution in [2.24, 2.45) is 5.73 Å². The number of halogens is 1. The molecule has 0 aromatic heterocycles. The summed E-state index contributed by atoms with van der Waals surface area (Å²) in [6, 6.07) is 4.65. The Morgan fingerprint density at radius 1 is 1.58 bits per heavy atom. The van der Waals surface area contributed by atoms with Gasteiger partial charge >= 0.3 is 0 Å². The zero-order chi connectivity index (χ0) is 14.0. The van der Waals surface area contributed by atoms with Gasteiger partial charge in [0, 0.05) is 37.8 Å². The Labute approximate surface area is 112 Å². The Bertz CT molecular complexity index is 476. The first-order valence-corrected chi connectivity index (χ1v) is 6.54. The Hall–Kier alpha value is -1.62. The Morgan fingerprint density at radius 3 is 2.95 bits per heavy atom. The van der Waals surface area contributed by atoms with E-state index in [2.05, 4.69) is 10.2 Å². The van der Waals surface area contributed by atoms with Crippen molar-refractivity contribution in [1.29, 1.82) is 0 Å². The number of nitrogens with zero attached hydrogens (tertiary/aromatic N) is 1. The predicted molar refractivity (Wildman–Crippen MR) is 73.4 cm³/mol. The molecule has 104 valence electrons. The number of amides is 1. The summed E-state index contributed by atoms with van der Waals surface area (Å²) < 4.78 is 13.3. The van der Waals surface area contributed by atoms with Crippen molar-refractivity contribution in [3.8, 4) is 0 Å². The van der Waals surface area contributed by atoms with Gasteiger partial charge in [-0.3, -0.25) is 4.79 Å². The highest BCUT2D eigenvalue weighted by atomic mass is 19.1. The number of hydrogen-bond donors (Lipinski definition) is 2. The number of carbonyl (C=O) groups excluding carboxylic acids is 1. The monoisotopic (exact) mass is 265 g/mol. The third-order valence-electron chi connectivity index (χ3n) is 3.42. The molecule has 1 saturated heterocycles. The van der Waals surface area contributed by atoms with Gasteiger partial charge in [-0.15, -0.1) is 0 Å². The van der Waals surface area contributed by atoms with E-state index in [0.717, 1.165) is 30.8 Å². The molecule has 4 nitrogen and oxygen atoms in total. The zero-order valence-corrected chi connectivity index (χ0v) is 11.3. The van der Waals surface area contributed by atoms with Crippen molar-refractivity contribution in [2.45, 2.75) is 32.4 Å². The largest absolute Gasteiger partial charge is 0.369 e. The molecule has 0 saturated carbocycles. The molecule has 19 heavy (non-hydrogen) atoms. The van der Waals surface area contributed by atoms with Crippen LogP contribution in [0.3, 0.4) is 0 Å². The molecular weight excluding hydrogens is 245 g/mol. The van der Waals surface area contributed by atoms with Gasteiger partial charge in [-0.25, -0.2) is 4.39 Å². The SMILES string of the molecule is CC(=O)NC1CCN(c2ccc(F)cc2[C@@H](C)N)C1. The summed E-state index contributed by atoms with van der Waals surface area (Å²) in [7, 11) is 0. The number of hydrogen-bond acceptors (Lipinski definition) is 3. The highest BCUT2D eigenvalue weighted by molar-refractivity contribution is 5.73. The summed E-state index contributed by atoms with van der Waals surface area (Å²) >= 11 is 0. The van der Waals surface area contributed by atoms with E-state index in [-0.39, 0.29) is 23.8 Å². The molecule has 1 aromatic rings. The van der Waals surface area contributed by atoms with Crippen LogP contribution < -0.4 is 16.0 Å². The van der Waals surface area contributed by atoms with E-state index in [1.807, 2.05) is 6.92 Å². The first kappa shape index (κ1) is 13.8. The number of anilines is 1. The van der Waals surface area contributed by atoms with Gasteiger partial charge in [-0.1, -0.05) is 0 Å². The molecule has 1 aromatic carbocycles. The van der Waals surface area contributed by atoms with Crippen LogP contribution in [0.15, 0.2) is 18.2 Å². The normalized spacial score (nSPS) is 20.4. The fraction of sp³-hybridized carbons (Fsp3) is 0.500. The summed E-state index contributed by atoms with van der Waals surface area (Å²) in [5.41, 5.74) is 7.67. The van der Waals surface area contributed by atoms with Gasteiger partial charge in [0.2, 0.25) is 5.91 Å². The smallest absolute Gasteiger partial charge is 0.217 e. The van der Waals surface area contributed by atoms with E-state index >= 15 is 0 Å². The van der Waals surface area contributed by atoms with E-state index in [1.54, 1.807) is 6.07 Å². The lowest BCUT2D eigenvalue weighted by atomic mass is 10.1. The predicted octanol–water partition coefficient (Wildman–Crippen LogP) is 1.56. The molecule has 2 atom stereocenters. The first-order valence-electron chi connectivity index (χ1n) is 6.54. The van der Waals surface area contributed by atoms with Gasteiger partial charge in [-0.05, 0) is 37.1 Å². The molecule has 1 amide bonds. The average Bonchev–Trinajstić information content (AvgIpc) is 2.76. The molecule has 0 spiro atoms. The van der Waals surface area contributed by atoms with Crippen LogP contribution in [0.1, 0.15) is 31.9 Å². The highest BCUT2D eigenvalue weighted by Crippen LogP contribution is 2.29. The Kier molecular flexibility index (Phi) is 4.04. The second-order valence-corrected chi connectivity index (χ2v) is 5.12. The van der Waals surface area contributed by atoms with Crippen LogP contribution in [-0.2, 0) is 4.79 Å². The summed E-state index contributed by atoms with van der Waals surface area (Å²) in [6.45, 7) is 4.95. The summed E-state index contributed by atoms with van der Waals surface area (Å²) in [5.74, 6) is -0.285. The molecule has 1 aliphatic rings. The summed E-state index contributed by atoms with van der Waals surface area (Å²) in [6.07, 6.45) is 0.898. The van der Waals surface area contributed by atoms with Crippen molar-refractivity contribution in [1.82, 2.24) is 5.32 Å². The number of benzene rings is 1. The molecule has 3 N–H and O–H groups in total. The fourth-order valence-electron chi connectivity index (χ4n) is 2.56. The lowest BCUT2D eigenvalue weighted by Crippen LogP contribution is -2.35. The van der Waals surface area contributed by atoms with Gasteiger partial charge in [-0.2, -0.15) is 0 Å². The van der Waals surface area contributed by atoms with Crippen LogP contribution >= 0.6 is 0 Å². The molecular formula is C14H20FN3O. The lowest BCUT2D eigenvalue weighted by molar-refractivity contribution is -0.119. The number of rotatable bonds is 3. The maximum atomic E-state index is 13.3. The number of nitrogens with one attached hydrogen (secondary N) is 1. The van der Waals surface area contributed by atoms with E-state index in [9.17, 15) is 9.18 Å². The Balaban J connectivity index is 2.17. The molecule has 1 heterocycles. The quantitative estimate of drug-likeness (QED) is 0.872. The summed E-state index contributed by atoms with van der Waals surface area (Å²) in [4.78, 5) is 13.2. The van der Waals surface area contributed by atoms with Gasteiger partial charge in [0.1, 0.15) is 5.82 Å². The van der Waals surface area contributed by atoms with Crippen LogP contribution in [0.25, 0.3) is 0 Å². The van der Waals surface area contributed by atoms with Crippen LogP contribution in [-0.4, -0.2) is 25.0 Å². The minimum absolute atomic E-state index is 0.0154. The van der Waals surface area contributed by atoms with Gasteiger partial charge < -0.3 is 16.0 Å². The number of carbonyl (C=O) groups is 1. The first-order chi connectivity index (χ1) is 8.97. The minimum atomic E-state index is -0.270. The van der Waals surface area contributed by atoms with E-state index in [1.165, 1.54) is 19.1 Å². The molecule has 1 aliphatic heterocycles. The topological polar surface area (TPSA) is 58.4 Å². The van der Waals surface area contributed by atoms with Crippen molar-refractivity contribution in [3.63, 3.8) is 0 Å². The molecule has 5 heteroatoms. The van der Waals surface area contributed by atoms with Gasteiger partial charge in [0.25, 0.3) is 0 Å². The van der Waals surface area contributed by atoms with Gasteiger partial charge in [0.05, 0.1) is 0 Å². The summed E-state index contributed by atoms with van der Waals surface area (Å²) in [5, 5.41) is 2.92. The maximum absolute atomic E-state index is 13.3. The van der Waals surface area contributed by atoms with Crippen molar-refractivity contribution in [3.05, 3.63) is 29.6 Å². The molecule has 1 unspecified atom stereocenters. The van der Waals surface area contributed by atoms with Crippen molar-refractivity contribution < 1.29 is 9.18 Å². The average molecular weight is 265 g/mol. The second kappa shape index (κ2) is 5.57. The van der Waals surface area contributed by atoms with Gasteiger partial charge in [0.15, 0.2) is 0 Å². The fourth-order valence-corrected chi connectivity index (χ4v) is 2.56. The van der Waals surface area contributed by atoms with Crippen LogP contribution in [0, 0.1) is 5.82 Å². The molecule has 0 bridgehead atoms.